The van der Waals surface area contributed by atoms with Gasteiger partial charge in [-0.3, -0.25) is 19.0 Å². The van der Waals surface area contributed by atoms with Crippen LogP contribution in [0, 0.1) is 5.82 Å². The van der Waals surface area contributed by atoms with Crippen molar-refractivity contribution in [2.75, 3.05) is 26.2 Å². The molecule has 2 amide bonds. The van der Waals surface area contributed by atoms with Gasteiger partial charge in [-0.2, -0.15) is 0 Å². The van der Waals surface area contributed by atoms with E-state index in [4.69, 9.17) is 11.6 Å². The van der Waals surface area contributed by atoms with Crippen LogP contribution in [0.25, 0.3) is 10.9 Å². The Morgan fingerprint density at radius 3 is 2.47 bits per heavy atom. The summed E-state index contributed by atoms with van der Waals surface area (Å²) < 4.78 is 14.5. The lowest BCUT2D eigenvalue weighted by molar-refractivity contribution is -0.133. The monoisotopic (exact) mass is 428 g/mol. The highest BCUT2D eigenvalue weighted by Crippen LogP contribution is 2.20. The Morgan fingerprint density at radius 1 is 1.03 bits per heavy atom. The standard InChI is InChI=1S/C21H18ClFN4O3/c22-17-11-14(23)5-6-15(17)20(29)26-9-7-25(8-10-26)19(28)12-27-13-24-18-4-2-1-3-16(18)21(27)30/h1-6,11,13H,7-10,12H2. The zero-order chi connectivity index (χ0) is 21.3. The SMILES string of the molecule is O=C(Cn1cnc2ccccc2c1=O)N1CCN(C(=O)c2ccc(F)cc2Cl)CC1. The first-order valence-corrected chi connectivity index (χ1v) is 9.78. The van der Waals surface area contributed by atoms with E-state index in [1.54, 1.807) is 34.1 Å². The van der Waals surface area contributed by atoms with Gasteiger partial charge in [-0.15, -0.1) is 0 Å². The van der Waals surface area contributed by atoms with Crippen molar-refractivity contribution in [2.24, 2.45) is 0 Å². The van der Waals surface area contributed by atoms with Gasteiger partial charge in [-0.05, 0) is 30.3 Å². The topological polar surface area (TPSA) is 75.5 Å². The van der Waals surface area contributed by atoms with E-state index in [0.717, 1.165) is 6.07 Å². The number of benzene rings is 2. The molecule has 3 aromatic rings. The van der Waals surface area contributed by atoms with Gasteiger partial charge in [-0.25, -0.2) is 9.37 Å². The van der Waals surface area contributed by atoms with Crippen molar-refractivity contribution in [3.63, 3.8) is 0 Å². The Balaban J connectivity index is 1.40. The van der Waals surface area contributed by atoms with Crippen molar-refractivity contribution in [2.45, 2.75) is 6.54 Å². The van der Waals surface area contributed by atoms with Gasteiger partial charge < -0.3 is 9.80 Å². The first-order chi connectivity index (χ1) is 14.4. The van der Waals surface area contributed by atoms with Crippen LogP contribution in [0.3, 0.4) is 0 Å². The van der Waals surface area contributed by atoms with E-state index in [0.29, 0.717) is 37.1 Å². The van der Waals surface area contributed by atoms with Crippen molar-refractivity contribution >= 4 is 34.3 Å². The second-order valence-corrected chi connectivity index (χ2v) is 7.40. The summed E-state index contributed by atoms with van der Waals surface area (Å²) in [5, 5.41) is 0.515. The molecule has 1 aliphatic heterocycles. The number of aromatic nitrogens is 2. The van der Waals surface area contributed by atoms with Crippen LogP contribution in [0.2, 0.25) is 5.02 Å². The number of halogens is 2. The van der Waals surface area contributed by atoms with Gasteiger partial charge in [0, 0.05) is 26.2 Å². The lowest BCUT2D eigenvalue weighted by atomic mass is 10.1. The predicted octanol–water partition coefficient (Wildman–Crippen LogP) is 2.17. The van der Waals surface area contributed by atoms with Crippen LogP contribution < -0.4 is 5.56 Å². The molecule has 1 aromatic heterocycles. The van der Waals surface area contributed by atoms with Crippen LogP contribution in [-0.2, 0) is 11.3 Å². The van der Waals surface area contributed by atoms with E-state index in [-0.39, 0.29) is 34.5 Å². The van der Waals surface area contributed by atoms with E-state index in [1.165, 1.54) is 23.0 Å². The summed E-state index contributed by atoms with van der Waals surface area (Å²) >= 11 is 5.98. The highest BCUT2D eigenvalue weighted by Gasteiger charge is 2.26. The average Bonchev–Trinajstić information content (AvgIpc) is 2.75. The molecule has 1 fully saturated rings. The normalized spacial score (nSPS) is 14.2. The van der Waals surface area contributed by atoms with Gasteiger partial charge in [0.15, 0.2) is 0 Å². The van der Waals surface area contributed by atoms with Gasteiger partial charge in [-0.1, -0.05) is 23.7 Å². The number of amides is 2. The lowest BCUT2D eigenvalue weighted by Gasteiger charge is -2.35. The summed E-state index contributed by atoms with van der Waals surface area (Å²) in [5.74, 6) is -1.03. The highest BCUT2D eigenvalue weighted by molar-refractivity contribution is 6.33. The molecule has 7 nitrogen and oxygen atoms in total. The molecule has 0 spiro atoms. The first kappa shape index (κ1) is 20.0. The minimum atomic E-state index is -0.509. The third-order valence-corrected chi connectivity index (χ3v) is 5.43. The van der Waals surface area contributed by atoms with Gasteiger partial charge in [0.05, 0.1) is 27.8 Å². The van der Waals surface area contributed by atoms with Gasteiger partial charge in [0.25, 0.3) is 11.5 Å². The maximum atomic E-state index is 13.2. The number of carbonyl (C=O) groups is 2. The zero-order valence-corrected chi connectivity index (χ0v) is 16.7. The van der Waals surface area contributed by atoms with Crippen LogP contribution >= 0.6 is 11.6 Å². The van der Waals surface area contributed by atoms with Crippen LogP contribution in [0.1, 0.15) is 10.4 Å². The number of fused-ring (bicyclic) bond motifs is 1. The van der Waals surface area contributed by atoms with Crippen molar-refractivity contribution in [3.8, 4) is 0 Å². The molecule has 0 N–H and O–H groups in total. The number of rotatable bonds is 3. The third kappa shape index (κ3) is 3.91. The van der Waals surface area contributed by atoms with Crippen LogP contribution in [-0.4, -0.2) is 57.3 Å². The molecule has 4 rings (SSSR count). The molecule has 0 radical (unpaired) electrons. The lowest BCUT2D eigenvalue weighted by Crippen LogP contribution is -2.51. The molecule has 0 bridgehead atoms. The number of hydrogen-bond acceptors (Lipinski definition) is 4. The quantitative estimate of drug-likeness (QED) is 0.640. The van der Waals surface area contributed by atoms with Gasteiger partial charge in [0.2, 0.25) is 5.91 Å². The summed E-state index contributed by atoms with van der Waals surface area (Å²) in [6.07, 6.45) is 1.37. The van der Waals surface area contributed by atoms with E-state index in [1.807, 2.05) is 0 Å². The number of nitrogens with zero attached hydrogens (tertiary/aromatic N) is 4. The summed E-state index contributed by atoms with van der Waals surface area (Å²) in [5.41, 5.74) is 0.540. The molecular weight excluding hydrogens is 411 g/mol. The Hall–Kier alpha value is -3.26. The molecule has 30 heavy (non-hydrogen) atoms. The number of para-hydroxylation sites is 1. The Morgan fingerprint density at radius 2 is 1.73 bits per heavy atom. The van der Waals surface area contributed by atoms with Crippen LogP contribution in [0.5, 0.6) is 0 Å². The van der Waals surface area contributed by atoms with Crippen molar-refractivity contribution in [1.29, 1.82) is 0 Å². The highest BCUT2D eigenvalue weighted by atomic mass is 35.5. The molecule has 0 saturated carbocycles. The average molecular weight is 429 g/mol. The maximum absolute atomic E-state index is 13.2. The molecular formula is C21H18ClFN4O3. The van der Waals surface area contributed by atoms with Crippen molar-refractivity contribution in [3.05, 3.63) is 75.5 Å². The minimum Gasteiger partial charge on any atom is -0.338 e. The molecule has 154 valence electrons. The predicted molar refractivity (Wildman–Crippen MR) is 110 cm³/mol. The molecule has 2 aromatic carbocycles. The zero-order valence-electron chi connectivity index (χ0n) is 15.9. The third-order valence-electron chi connectivity index (χ3n) is 5.12. The first-order valence-electron chi connectivity index (χ1n) is 9.40. The molecule has 0 unspecified atom stereocenters. The molecule has 2 heterocycles. The molecule has 1 aliphatic rings. The smallest absolute Gasteiger partial charge is 0.261 e. The number of piperazine rings is 1. The van der Waals surface area contributed by atoms with Gasteiger partial charge in [0.1, 0.15) is 12.4 Å². The number of hydrogen-bond donors (Lipinski definition) is 0. The molecule has 9 heteroatoms. The minimum absolute atomic E-state index is 0.0571. The van der Waals surface area contributed by atoms with Crippen LogP contribution in [0.4, 0.5) is 4.39 Å². The fraction of sp³-hybridized carbons (Fsp3) is 0.238. The summed E-state index contributed by atoms with van der Waals surface area (Å²) in [6, 6.07) is 10.6. The second-order valence-electron chi connectivity index (χ2n) is 6.99. The molecule has 1 saturated heterocycles. The Kier molecular flexibility index (Phi) is 5.50. The van der Waals surface area contributed by atoms with E-state index in [9.17, 15) is 18.8 Å². The second kappa shape index (κ2) is 8.23. The Labute approximate surface area is 176 Å². The molecule has 0 aliphatic carbocycles. The summed E-state index contributed by atoms with van der Waals surface area (Å²) in [6.45, 7) is 1.19. The fourth-order valence-electron chi connectivity index (χ4n) is 3.46. The summed E-state index contributed by atoms with van der Waals surface area (Å²) in [7, 11) is 0. The number of carbonyl (C=O) groups excluding carboxylic acids is 2. The van der Waals surface area contributed by atoms with E-state index >= 15 is 0 Å². The largest absolute Gasteiger partial charge is 0.338 e. The molecule has 0 atom stereocenters. The van der Waals surface area contributed by atoms with Crippen LogP contribution in [0.15, 0.2) is 53.6 Å². The maximum Gasteiger partial charge on any atom is 0.261 e. The van der Waals surface area contributed by atoms with Crippen molar-refractivity contribution < 1.29 is 14.0 Å². The summed E-state index contributed by atoms with van der Waals surface area (Å²) in [4.78, 5) is 45.3. The van der Waals surface area contributed by atoms with E-state index in [2.05, 4.69) is 4.98 Å². The van der Waals surface area contributed by atoms with E-state index < -0.39 is 5.82 Å². The van der Waals surface area contributed by atoms with Gasteiger partial charge >= 0.3 is 0 Å². The van der Waals surface area contributed by atoms with Crippen molar-refractivity contribution in [1.82, 2.24) is 19.4 Å². The fourth-order valence-corrected chi connectivity index (χ4v) is 3.70. The Bertz CT molecular complexity index is 1190.